The maximum Gasteiger partial charge on any atom is 0.257 e. The molecule has 0 radical (unpaired) electrons. The lowest BCUT2D eigenvalue weighted by Crippen LogP contribution is -2.30. The third kappa shape index (κ3) is 4.05. The summed E-state index contributed by atoms with van der Waals surface area (Å²) in [6.45, 7) is 1.86. The van der Waals surface area contributed by atoms with Crippen LogP contribution in [0.5, 0.6) is 5.75 Å². The van der Waals surface area contributed by atoms with Crippen molar-refractivity contribution in [1.82, 2.24) is 4.90 Å². The van der Waals surface area contributed by atoms with E-state index in [2.05, 4.69) is 0 Å². The summed E-state index contributed by atoms with van der Waals surface area (Å²) in [6, 6.07) is 6.48. The minimum Gasteiger partial charge on any atom is -0.507 e. The van der Waals surface area contributed by atoms with Crippen molar-refractivity contribution in [2.24, 2.45) is 5.73 Å². The number of amides is 1. The van der Waals surface area contributed by atoms with E-state index in [1.807, 2.05) is 0 Å². The quantitative estimate of drug-likeness (QED) is 0.705. The number of ether oxygens (including phenoxy) is 1. The molecule has 0 aliphatic carbocycles. The molecule has 0 saturated carbocycles. The Morgan fingerprint density at radius 1 is 1.41 bits per heavy atom. The van der Waals surface area contributed by atoms with Crippen LogP contribution in [0.3, 0.4) is 0 Å². The molecule has 0 heterocycles. The molecular formula is C12H18N2O3. The number of aromatic hydroxyl groups is 1. The topological polar surface area (TPSA) is 75.8 Å². The van der Waals surface area contributed by atoms with Gasteiger partial charge in [-0.2, -0.15) is 0 Å². The highest BCUT2D eigenvalue weighted by atomic mass is 16.5. The van der Waals surface area contributed by atoms with E-state index in [1.54, 1.807) is 25.2 Å². The van der Waals surface area contributed by atoms with Crippen molar-refractivity contribution in [2.45, 2.75) is 0 Å². The molecule has 5 heteroatoms. The lowest BCUT2D eigenvalue weighted by atomic mass is 10.2. The molecular weight excluding hydrogens is 220 g/mol. The molecule has 94 valence electrons. The Bertz CT molecular complexity index is 369. The van der Waals surface area contributed by atoms with Gasteiger partial charge < -0.3 is 20.5 Å². The molecule has 1 aromatic rings. The number of nitrogens with two attached hydrogens (primary N) is 1. The number of nitrogens with zero attached hydrogens (tertiary/aromatic N) is 1. The number of phenols is 1. The van der Waals surface area contributed by atoms with Crippen LogP contribution in [0.15, 0.2) is 24.3 Å². The summed E-state index contributed by atoms with van der Waals surface area (Å²) in [5.74, 6) is -0.230. The number of benzene rings is 1. The first-order chi connectivity index (χ1) is 8.16. The van der Waals surface area contributed by atoms with E-state index in [1.165, 1.54) is 11.0 Å². The lowest BCUT2D eigenvalue weighted by molar-refractivity contribution is 0.0701. The highest BCUT2D eigenvalue weighted by Gasteiger charge is 2.14. The van der Waals surface area contributed by atoms with Gasteiger partial charge >= 0.3 is 0 Å². The zero-order valence-corrected chi connectivity index (χ0v) is 9.93. The van der Waals surface area contributed by atoms with E-state index in [-0.39, 0.29) is 11.7 Å². The Kier molecular flexibility index (Phi) is 5.45. The van der Waals surface area contributed by atoms with Crippen molar-refractivity contribution in [3.8, 4) is 5.75 Å². The summed E-state index contributed by atoms with van der Waals surface area (Å²) in [6.07, 6.45) is 0. The van der Waals surface area contributed by atoms with Crippen LogP contribution in [-0.4, -0.2) is 49.3 Å². The fourth-order valence-corrected chi connectivity index (χ4v) is 1.35. The molecule has 0 spiro atoms. The van der Waals surface area contributed by atoms with Gasteiger partial charge in [-0.3, -0.25) is 4.79 Å². The van der Waals surface area contributed by atoms with Gasteiger partial charge in [-0.05, 0) is 12.1 Å². The normalized spacial score (nSPS) is 10.2. The predicted molar refractivity (Wildman–Crippen MR) is 64.9 cm³/mol. The van der Waals surface area contributed by atoms with Crippen LogP contribution in [0.1, 0.15) is 10.4 Å². The first-order valence-corrected chi connectivity index (χ1v) is 5.48. The van der Waals surface area contributed by atoms with Crippen molar-refractivity contribution < 1.29 is 14.6 Å². The van der Waals surface area contributed by atoms with Crippen LogP contribution in [-0.2, 0) is 4.74 Å². The molecule has 0 atom stereocenters. The van der Waals surface area contributed by atoms with Crippen LogP contribution in [0.25, 0.3) is 0 Å². The van der Waals surface area contributed by atoms with Gasteiger partial charge in [0.25, 0.3) is 5.91 Å². The van der Waals surface area contributed by atoms with Gasteiger partial charge in [0, 0.05) is 20.1 Å². The first kappa shape index (κ1) is 13.5. The van der Waals surface area contributed by atoms with Crippen molar-refractivity contribution in [3.05, 3.63) is 29.8 Å². The molecule has 0 aliphatic rings. The summed E-state index contributed by atoms with van der Waals surface area (Å²) in [5.41, 5.74) is 5.58. The van der Waals surface area contributed by atoms with Crippen molar-refractivity contribution >= 4 is 5.91 Å². The van der Waals surface area contributed by atoms with Crippen LogP contribution in [0.4, 0.5) is 0 Å². The van der Waals surface area contributed by atoms with Crippen LogP contribution in [0.2, 0.25) is 0 Å². The first-order valence-electron chi connectivity index (χ1n) is 5.48. The molecule has 0 unspecified atom stereocenters. The molecule has 0 bridgehead atoms. The number of likely N-dealkylation sites (N-methyl/N-ethyl adjacent to an activating group) is 1. The molecule has 0 aromatic heterocycles. The molecule has 0 saturated heterocycles. The molecule has 1 rings (SSSR count). The number of para-hydroxylation sites is 1. The largest absolute Gasteiger partial charge is 0.507 e. The zero-order chi connectivity index (χ0) is 12.7. The molecule has 5 nitrogen and oxygen atoms in total. The highest BCUT2D eigenvalue weighted by molar-refractivity contribution is 5.96. The Morgan fingerprint density at radius 3 is 2.76 bits per heavy atom. The van der Waals surface area contributed by atoms with Gasteiger partial charge in [-0.1, -0.05) is 12.1 Å². The second-order valence-corrected chi connectivity index (χ2v) is 3.64. The Labute approximate surface area is 101 Å². The Morgan fingerprint density at radius 2 is 2.12 bits per heavy atom. The van der Waals surface area contributed by atoms with Crippen LogP contribution in [0, 0.1) is 0 Å². The fraction of sp³-hybridized carbons (Fsp3) is 0.417. The standard InChI is InChI=1S/C12H18N2O3/c1-14(7-9-17-8-6-13)12(16)10-4-2-3-5-11(10)15/h2-5,15H,6-9,13H2,1H3. The van der Waals surface area contributed by atoms with Crippen molar-refractivity contribution in [2.75, 3.05) is 33.4 Å². The summed E-state index contributed by atoms with van der Waals surface area (Å²) >= 11 is 0. The Hall–Kier alpha value is -1.59. The van der Waals surface area contributed by atoms with E-state index in [4.69, 9.17) is 10.5 Å². The number of carbonyl (C=O) groups excluding carboxylic acids is 1. The minimum absolute atomic E-state index is 0.00720. The Balaban J connectivity index is 2.49. The van der Waals surface area contributed by atoms with Gasteiger partial charge in [0.05, 0.1) is 18.8 Å². The van der Waals surface area contributed by atoms with Gasteiger partial charge in [-0.15, -0.1) is 0 Å². The van der Waals surface area contributed by atoms with Gasteiger partial charge in [0.2, 0.25) is 0 Å². The molecule has 0 fully saturated rings. The van der Waals surface area contributed by atoms with Gasteiger partial charge in [0.15, 0.2) is 0 Å². The van der Waals surface area contributed by atoms with Crippen molar-refractivity contribution in [3.63, 3.8) is 0 Å². The maximum absolute atomic E-state index is 11.9. The number of phenolic OH excluding ortho intramolecular Hbond substituents is 1. The SMILES string of the molecule is CN(CCOCCN)C(=O)c1ccccc1O. The van der Waals surface area contributed by atoms with E-state index in [9.17, 15) is 9.90 Å². The summed E-state index contributed by atoms with van der Waals surface area (Å²) in [7, 11) is 1.67. The minimum atomic E-state index is -0.223. The molecule has 17 heavy (non-hydrogen) atoms. The van der Waals surface area contributed by atoms with Crippen LogP contribution < -0.4 is 5.73 Å². The highest BCUT2D eigenvalue weighted by Crippen LogP contribution is 2.16. The summed E-state index contributed by atoms with van der Waals surface area (Å²) < 4.78 is 5.19. The number of carbonyl (C=O) groups is 1. The second kappa shape index (κ2) is 6.88. The number of rotatable bonds is 6. The van der Waals surface area contributed by atoms with E-state index in [0.29, 0.717) is 31.9 Å². The third-order valence-corrected chi connectivity index (χ3v) is 2.31. The molecule has 0 aliphatic heterocycles. The smallest absolute Gasteiger partial charge is 0.257 e. The number of hydrogen-bond acceptors (Lipinski definition) is 4. The predicted octanol–water partition coefficient (Wildman–Crippen LogP) is 0.439. The summed E-state index contributed by atoms with van der Waals surface area (Å²) in [5, 5.41) is 9.54. The zero-order valence-electron chi connectivity index (χ0n) is 9.93. The fourth-order valence-electron chi connectivity index (χ4n) is 1.35. The van der Waals surface area contributed by atoms with Gasteiger partial charge in [-0.25, -0.2) is 0 Å². The lowest BCUT2D eigenvalue weighted by Gasteiger charge is -2.17. The van der Waals surface area contributed by atoms with E-state index < -0.39 is 0 Å². The average molecular weight is 238 g/mol. The summed E-state index contributed by atoms with van der Waals surface area (Å²) in [4.78, 5) is 13.4. The second-order valence-electron chi connectivity index (χ2n) is 3.64. The molecule has 1 amide bonds. The average Bonchev–Trinajstić information content (AvgIpc) is 2.34. The third-order valence-electron chi connectivity index (χ3n) is 2.31. The monoisotopic (exact) mass is 238 g/mol. The van der Waals surface area contributed by atoms with E-state index in [0.717, 1.165) is 0 Å². The molecule has 1 aromatic carbocycles. The van der Waals surface area contributed by atoms with E-state index >= 15 is 0 Å². The molecule has 3 N–H and O–H groups in total. The van der Waals surface area contributed by atoms with Crippen molar-refractivity contribution in [1.29, 1.82) is 0 Å². The maximum atomic E-state index is 11.9. The van der Waals surface area contributed by atoms with Gasteiger partial charge in [0.1, 0.15) is 5.75 Å². The number of hydrogen-bond donors (Lipinski definition) is 2. The van der Waals surface area contributed by atoms with Crippen LogP contribution >= 0.6 is 0 Å².